The molecule has 0 spiro atoms. The zero-order valence-corrected chi connectivity index (χ0v) is 16.3. The van der Waals surface area contributed by atoms with Crippen molar-refractivity contribution in [2.45, 2.75) is 45.7 Å². The van der Waals surface area contributed by atoms with Gasteiger partial charge < -0.3 is 9.32 Å². The van der Waals surface area contributed by atoms with E-state index in [-0.39, 0.29) is 17.4 Å². The molecule has 1 saturated heterocycles. The highest BCUT2D eigenvalue weighted by Gasteiger charge is 2.32. The topological polar surface area (TPSA) is 68.3 Å². The van der Waals surface area contributed by atoms with Gasteiger partial charge >= 0.3 is 0 Å². The smallest absolute Gasteiger partial charge is 0.225 e. The highest BCUT2D eigenvalue weighted by molar-refractivity contribution is 5.79. The molecule has 0 saturated carbocycles. The Hall–Kier alpha value is -2.89. The van der Waals surface area contributed by atoms with E-state index in [1.165, 1.54) is 6.20 Å². The number of benzene rings is 1. The van der Waals surface area contributed by atoms with Crippen molar-refractivity contribution in [2.75, 3.05) is 6.54 Å². The number of furan rings is 1. The molecule has 1 aromatic carbocycles. The van der Waals surface area contributed by atoms with E-state index in [1.54, 1.807) is 10.7 Å². The normalized spacial score (nSPS) is 19.9. The largest absolute Gasteiger partial charge is 0.464 e. The first-order valence-electron chi connectivity index (χ1n) is 9.83. The zero-order chi connectivity index (χ0) is 19.7. The Kier molecular flexibility index (Phi) is 5.03. The zero-order valence-electron chi connectivity index (χ0n) is 16.3. The summed E-state index contributed by atoms with van der Waals surface area (Å²) in [5.74, 6) is 2.38. The van der Waals surface area contributed by atoms with E-state index in [0.29, 0.717) is 24.3 Å². The standard InChI is InChI=1S/C22H25N3O3/c1-15-9-11-24(19(13-15)21-8-7-16(2)28-21)22(27)10-12-25-18-6-4-3-5-17(18)20(26)14-23-25/h3-8,14-15,19H,9-13H2,1-2H3/t15-,19-/m0/s1. The van der Waals surface area contributed by atoms with Crippen LogP contribution in [0.2, 0.25) is 0 Å². The average molecular weight is 379 g/mol. The second-order valence-corrected chi connectivity index (χ2v) is 7.68. The number of rotatable bonds is 4. The van der Waals surface area contributed by atoms with E-state index >= 15 is 0 Å². The van der Waals surface area contributed by atoms with Crippen molar-refractivity contribution in [3.8, 4) is 0 Å². The summed E-state index contributed by atoms with van der Waals surface area (Å²) in [6.45, 7) is 5.33. The minimum atomic E-state index is -0.101. The van der Waals surface area contributed by atoms with Gasteiger partial charge in [-0.3, -0.25) is 14.3 Å². The SMILES string of the molecule is Cc1ccc([C@@H]2C[C@@H](C)CCN2C(=O)CCn2ncc(=O)c3ccccc32)o1. The number of fused-ring (bicyclic) bond motifs is 1. The first kappa shape index (κ1) is 18.5. The molecule has 2 aromatic heterocycles. The first-order valence-corrected chi connectivity index (χ1v) is 9.83. The van der Waals surface area contributed by atoms with Crippen molar-refractivity contribution in [1.82, 2.24) is 14.7 Å². The van der Waals surface area contributed by atoms with Crippen molar-refractivity contribution in [3.63, 3.8) is 0 Å². The number of amides is 1. The summed E-state index contributed by atoms with van der Waals surface area (Å²) in [4.78, 5) is 27.0. The van der Waals surface area contributed by atoms with Gasteiger partial charge in [0.15, 0.2) is 0 Å². The summed E-state index contributed by atoms with van der Waals surface area (Å²) < 4.78 is 7.58. The van der Waals surface area contributed by atoms with Gasteiger partial charge in [0.2, 0.25) is 11.3 Å². The molecular weight excluding hydrogens is 354 g/mol. The Labute approximate surface area is 163 Å². The summed E-state index contributed by atoms with van der Waals surface area (Å²) in [5.41, 5.74) is 0.657. The number of para-hydroxylation sites is 1. The number of aromatic nitrogens is 2. The summed E-state index contributed by atoms with van der Waals surface area (Å²) >= 11 is 0. The van der Waals surface area contributed by atoms with Crippen LogP contribution < -0.4 is 5.43 Å². The van der Waals surface area contributed by atoms with E-state index < -0.39 is 0 Å². The minimum Gasteiger partial charge on any atom is -0.464 e. The Morgan fingerprint density at radius 3 is 2.86 bits per heavy atom. The van der Waals surface area contributed by atoms with Crippen LogP contribution in [0.3, 0.4) is 0 Å². The third kappa shape index (κ3) is 3.59. The molecule has 0 aliphatic carbocycles. The van der Waals surface area contributed by atoms with Crippen molar-refractivity contribution in [2.24, 2.45) is 5.92 Å². The molecule has 4 rings (SSSR count). The number of carbonyl (C=O) groups excluding carboxylic acids is 1. The number of hydrogen-bond acceptors (Lipinski definition) is 4. The molecule has 146 valence electrons. The van der Waals surface area contributed by atoms with Crippen LogP contribution in [-0.4, -0.2) is 27.1 Å². The quantitative estimate of drug-likeness (QED) is 0.693. The molecule has 1 aliphatic rings. The Bertz CT molecular complexity index is 1050. The van der Waals surface area contributed by atoms with Gasteiger partial charge in [-0.15, -0.1) is 0 Å². The highest BCUT2D eigenvalue weighted by atomic mass is 16.3. The Morgan fingerprint density at radius 1 is 1.25 bits per heavy atom. The van der Waals surface area contributed by atoms with E-state index in [2.05, 4.69) is 12.0 Å². The van der Waals surface area contributed by atoms with Gasteiger partial charge in [0, 0.05) is 18.4 Å². The molecule has 0 bridgehead atoms. The second kappa shape index (κ2) is 7.62. The van der Waals surface area contributed by atoms with Crippen molar-refractivity contribution < 1.29 is 9.21 Å². The van der Waals surface area contributed by atoms with Crippen LogP contribution in [0, 0.1) is 12.8 Å². The van der Waals surface area contributed by atoms with Gasteiger partial charge in [-0.05, 0) is 49.9 Å². The lowest BCUT2D eigenvalue weighted by atomic mass is 9.91. The number of aryl methyl sites for hydroxylation is 2. The van der Waals surface area contributed by atoms with Crippen LogP contribution in [0.25, 0.3) is 10.9 Å². The lowest BCUT2D eigenvalue weighted by Gasteiger charge is -2.37. The predicted molar refractivity (Wildman–Crippen MR) is 107 cm³/mol. The maximum absolute atomic E-state index is 13.1. The summed E-state index contributed by atoms with van der Waals surface area (Å²) in [6.07, 6.45) is 3.58. The van der Waals surface area contributed by atoms with Gasteiger partial charge in [-0.2, -0.15) is 5.10 Å². The van der Waals surface area contributed by atoms with Crippen molar-refractivity contribution >= 4 is 16.8 Å². The van der Waals surface area contributed by atoms with Gasteiger partial charge in [-0.25, -0.2) is 0 Å². The third-order valence-corrected chi connectivity index (χ3v) is 5.57. The van der Waals surface area contributed by atoms with Gasteiger partial charge in [-0.1, -0.05) is 19.1 Å². The average Bonchev–Trinajstić information content (AvgIpc) is 3.14. The fourth-order valence-electron chi connectivity index (χ4n) is 4.03. The molecule has 1 amide bonds. The monoisotopic (exact) mass is 379 g/mol. The van der Waals surface area contributed by atoms with E-state index in [0.717, 1.165) is 36.4 Å². The summed E-state index contributed by atoms with van der Waals surface area (Å²) in [7, 11) is 0. The first-order chi connectivity index (χ1) is 13.5. The summed E-state index contributed by atoms with van der Waals surface area (Å²) in [6, 6.07) is 11.3. The molecule has 2 atom stereocenters. The lowest BCUT2D eigenvalue weighted by molar-refractivity contribution is -0.136. The number of carbonyl (C=O) groups is 1. The Balaban J connectivity index is 1.53. The summed E-state index contributed by atoms with van der Waals surface area (Å²) in [5, 5.41) is 4.86. The van der Waals surface area contributed by atoms with Crippen LogP contribution in [0.15, 0.2) is 51.8 Å². The van der Waals surface area contributed by atoms with Crippen LogP contribution in [0.1, 0.15) is 43.7 Å². The van der Waals surface area contributed by atoms with E-state index in [9.17, 15) is 9.59 Å². The van der Waals surface area contributed by atoms with Crippen LogP contribution in [-0.2, 0) is 11.3 Å². The van der Waals surface area contributed by atoms with Gasteiger partial charge in [0.05, 0.1) is 24.3 Å². The molecule has 1 fully saturated rings. The molecule has 0 radical (unpaired) electrons. The maximum Gasteiger partial charge on any atom is 0.225 e. The predicted octanol–water partition coefficient (Wildman–Crippen LogP) is 3.69. The van der Waals surface area contributed by atoms with Crippen LogP contribution >= 0.6 is 0 Å². The molecule has 28 heavy (non-hydrogen) atoms. The van der Waals surface area contributed by atoms with Crippen LogP contribution in [0.5, 0.6) is 0 Å². The second-order valence-electron chi connectivity index (χ2n) is 7.68. The number of likely N-dealkylation sites (tertiary alicyclic amines) is 1. The number of nitrogens with zero attached hydrogens (tertiary/aromatic N) is 3. The van der Waals surface area contributed by atoms with Crippen LogP contribution in [0.4, 0.5) is 0 Å². The molecule has 3 heterocycles. The fourth-order valence-corrected chi connectivity index (χ4v) is 4.03. The number of hydrogen-bond donors (Lipinski definition) is 0. The highest BCUT2D eigenvalue weighted by Crippen LogP contribution is 2.35. The molecule has 6 nitrogen and oxygen atoms in total. The fraction of sp³-hybridized carbons (Fsp3) is 0.409. The van der Waals surface area contributed by atoms with Crippen molar-refractivity contribution in [3.05, 3.63) is 64.3 Å². The third-order valence-electron chi connectivity index (χ3n) is 5.57. The molecule has 0 N–H and O–H groups in total. The molecular formula is C22H25N3O3. The Morgan fingerprint density at radius 2 is 2.07 bits per heavy atom. The van der Waals surface area contributed by atoms with Crippen molar-refractivity contribution in [1.29, 1.82) is 0 Å². The maximum atomic E-state index is 13.1. The molecule has 6 heteroatoms. The minimum absolute atomic E-state index is 0.0105. The van der Waals surface area contributed by atoms with E-state index in [1.807, 2.05) is 42.2 Å². The molecule has 0 unspecified atom stereocenters. The lowest BCUT2D eigenvalue weighted by Crippen LogP contribution is -2.40. The molecule has 1 aliphatic heterocycles. The molecule has 3 aromatic rings. The van der Waals surface area contributed by atoms with Gasteiger partial charge in [0.1, 0.15) is 11.5 Å². The number of piperidine rings is 1. The van der Waals surface area contributed by atoms with Gasteiger partial charge in [0.25, 0.3) is 0 Å². The van der Waals surface area contributed by atoms with E-state index in [4.69, 9.17) is 4.42 Å².